The second-order valence-electron chi connectivity index (χ2n) is 14.9. The molecule has 57 heavy (non-hydrogen) atoms. The van der Waals surface area contributed by atoms with E-state index >= 15 is 0 Å². The van der Waals surface area contributed by atoms with Crippen LogP contribution in [0.5, 0.6) is 0 Å². The first kappa shape index (κ1) is 30.9. The van der Waals surface area contributed by atoms with E-state index in [2.05, 4.69) is 191 Å². The molecule has 0 saturated carbocycles. The number of aromatic nitrogens is 4. The van der Waals surface area contributed by atoms with Gasteiger partial charge in [0.05, 0.1) is 33.3 Å². The summed E-state index contributed by atoms with van der Waals surface area (Å²) in [6, 6.07) is 65.9. The van der Waals surface area contributed by atoms with Gasteiger partial charge in [0.1, 0.15) is 0 Å². The Kier molecular flexibility index (Phi) is 6.29. The van der Waals surface area contributed by atoms with Gasteiger partial charge in [0, 0.05) is 58.4 Å². The van der Waals surface area contributed by atoms with Gasteiger partial charge < -0.3 is 4.57 Å². The largest absolute Gasteiger partial charge is 0.309 e. The number of hydrogen-bond donors (Lipinski definition) is 0. The summed E-state index contributed by atoms with van der Waals surface area (Å²) in [6.45, 7) is 0. The van der Waals surface area contributed by atoms with Crippen LogP contribution in [0.15, 0.2) is 182 Å². The smallest absolute Gasteiger partial charge is 0.235 e. The van der Waals surface area contributed by atoms with E-state index in [1.165, 1.54) is 74.3 Å². The molecule has 0 aliphatic rings. The Balaban J connectivity index is 1.15. The highest BCUT2D eigenvalue weighted by Gasteiger charge is 2.22. The van der Waals surface area contributed by atoms with E-state index in [0.717, 1.165) is 38.9 Å². The van der Waals surface area contributed by atoms with Gasteiger partial charge in [-0.25, -0.2) is 9.97 Å². The van der Waals surface area contributed by atoms with Crippen LogP contribution < -0.4 is 0 Å². The number of thiophene rings is 1. The molecule has 0 aliphatic carbocycles. The maximum Gasteiger partial charge on any atom is 0.235 e. The van der Waals surface area contributed by atoms with Crippen molar-refractivity contribution >= 4 is 108 Å². The SMILES string of the molecule is c1ccc2c(c1)ccc1c2c2ccccc2n1-c1ccc2c3c4ccccc4ccc3n(-c3nc(-c4cccc5c4sc4ccccc45)c4ccccc4n3)c2c1. The zero-order valence-electron chi connectivity index (χ0n) is 30.5. The third-order valence-electron chi connectivity index (χ3n) is 11.9. The highest BCUT2D eigenvalue weighted by Crippen LogP contribution is 2.43. The maximum atomic E-state index is 5.59. The third-order valence-corrected chi connectivity index (χ3v) is 13.1. The van der Waals surface area contributed by atoms with Gasteiger partial charge in [-0.3, -0.25) is 4.57 Å². The minimum Gasteiger partial charge on any atom is -0.309 e. The minimum absolute atomic E-state index is 0.655. The first-order valence-corrected chi connectivity index (χ1v) is 20.2. The quantitative estimate of drug-likeness (QED) is 0.181. The van der Waals surface area contributed by atoms with E-state index in [0.29, 0.717) is 5.95 Å². The summed E-state index contributed by atoms with van der Waals surface area (Å²) in [5.41, 5.74) is 8.57. The predicted molar refractivity (Wildman–Crippen MR) is 242 cm³/mol. The fourth-order valence-electron chi connectivity index (χ4n) is 9.45. The van der Waals surface area contributed by atoms with Crippen LogP contribution in [-0.2, 0) is 0 Å². The highest BCUT2D eigenvalue weighted by atomic mass is 32.1. The van der Waals surface area contributed by atoms with Crippen molar-refractivity contribution in [2.75, 3.05) is 0 Å². The molecule has 0 bridgehead atoms. The van der Waals surface area contributed by atoms with Crippen LogP contribution in [0.3, 0.4) is 0 Å². The van der Waals surface area contributed by atoms with Gasteiger partial charge in [-0.1, -0.05) is 140 Å². The average molecular weight is 743 g/mol. The fourth-order valence-corrected chi connectivity index (χ4v) is 10.7. The molecule has 0 N–H and O–H groups in total. The van der Waals surface area contributed by atoms with E-state index in [9.17, 15) is 0 Å². The van der Waals surface area contributed by atoms with Gasteiger partial charge in [-0.2, -0.15) is 0 Å². The summed E-state index contributed by atoms with van der Waals surface area (Å²) in [4.78, 5) is 11.0. The van der Waals surface area contributed by atoms with Crippen molar-refractivity contribution in [3.05, 3.63) is 182 Å². The molecule has 9 aromatic carbocycles. The molecule has 13 aromatic rings. The summed E-state index contributed by atoms with van der Waals surface area (Å²) in [5.74, 6) is 0.655. The van der Waals surface area contributed by atoms with Crippen LogP contribution in [0, 0.1) is 0 Å². The van der Waals surface area contributed by atoms with Crippen molar-refractivity contribution in [3.8, 4) is 22.9 Å². The van der Waals surface area contributed by atoms with E-state index in [1.54, 1.807) is 0 Å². The summed E-state index contributed by atoms with van der Waals surface area (Å²) < 4.78 is 7.23. The Morgan fingerprint density at radius 3 is 1.79 bits per heavy atom. The molecule has 0 amide bonds. The third kappa shape index (κ3) is 4.32. The Bertz CT molecular complexity index is 3830. The number of nitrogens with zero attached hydrogens (tertiary/aromatic N) is 4. The minimum atomic E-state index is 0.655. The zero-order valence-corrected chi connectivity index (χ0v) is 31.3. The first-order chi connectivity index (χ1) is 28.3. The number of para-hydroxylation sites is 2. The normalized spacial score (nSPS) is 12.2. The second-order valence-corrected chi connectivity index (χ2v) is 16.0. The van der Waals surface area contributed by atoms with Crippen LogP contribution >= 0.6 is 11.3 Å². The van der Waals surface area contributed by atoms with E-state index in [1.807, 2.05) is 11.3 Å². The lowest BCUT2D eigenvalue weighted by molar-refractivity contribution is 1.01. The maximum absolute atomic E-state index is 5.59. The van der Waals surface area contributed by atoms with Crippen LogP contribution in [0.25, 0.3) is 119 Å². The van der Waals surface area contributed by atoms with Crippen molar-refractivity contribution in [2.24, 2.45) is 0 Å². The molecule has 4 aromatic heterocycles. The van der Waals surface area contributed by atoms with Crippen LogP contribution in [0.1, 0.15) is 0 Å². The molecule has 0 unspecified atom stereocenters. The van der Waals surface area contributed by atoms with Crippen molar-refractivity contribution in [1.82, 2.24) is 19.1 Å². The van der Waals surface area contributed by atoms with E-state index in [4.69, 9.17) is 9.97 Å². The summed E-state index contributed by atoms with van der Waals surface area (Å²) in [5, 5.41) is 13.4. The summed E-state index contributed by atoms with van der Waals surface area (Å²) in [7, 11) is 0. The Hall–Kier alpha value is -7.34. The lowest BCUT2D eigenvalue weighted by Gasteiger charge is -2.13. The molecule has 0 atom stereocenters. The molecular weight excluding hydrogens is 713 g/mol. The molecule has 5 heteroatoms. The van der Waals surface area contributed by atoms with Gasteiger partial charge in [-0.15, -0.1) is 11.3 Å². The lowest BCUT2D eigenvalue weighted by atomic mass is 10.0. The van der Waals surface area contributed by atoms with Crippen LogP contribution in [0.4, 0.5) is 0 Å². The highest BCUT2D eigenvalue weighted by molar-refractivity contribution is 7.26. The summed E-state index contributed by atoms with van der Waals surface area (Å²) in [6.07, 6.45) is 0. The predicted octanol–water partition coefficient (Wildman–Crippen LogP) is 14.2. The van der Waals surface area contributed by atoms with Gasteiger partial charge in [0.15, 0.2) is 0 Å². The van der Waals surface area contributed by atoms with Crippen LogP contribution in [0.2, 0.25) is 0 Å². The Morgan fingerprint density at radius 1 is 0.386 bits per heavy atom. The second kappa shape index (κ2) is 11.6. The number of fused-ring (bicyclic) bond motifs is 14. The number of rotatable bonds is 3. The molecule has 0 spiro atoms. The van der Waals surface area contributed by atoms with Gasteiger partial charge in [0.2, 0.25) is 5.95 Å². The monoisotopic (exact) mass is 742 g/mol. The van der Waals surface area contributed by atoms with Crippen molar-refractivity contribution in [3.63, 3.8) is 0 Å². The van der Waals surface area contributed by atoms with Crippen molar-refractivity contribution in [1.29, 1.82) is 0 Å². The Labute approximate surface area is 330 Å². The van der Waals surface area contributed by atoms with Crippen molar-refractivity contribution in [2.45, 2.75) is 0 Å². The molecule has 264 valence electrons. The van der Waals surface area contributed by atoms with Crippen LogP contribution in [-0.4, -0.2) is 19.1 Å². The molecule has 0 aliphatic heterocycles. The first-order valence-electron chi connectivity index (χ1n) is 19.3. The van der Waals surface area contributed by atoms with Crippen molar-refractivity contribution < 1.29 is 0 Å². The van der Waals surface area contributed by atoms with E-state index in [-0.39, 0.29) is 0 Å². The Morgan fingerprint density at radius 2 is 1.00 bits per heavy atom. The molecule has 0 saturated heterocycles. The molecular formula is C52H30N4S. The molecule has 4 nitrogen and oxygen atoms in total. The van der Waals surface area contributed by atoms with E-state index < -0.39 is 0 Å². The molecule has 0 fully saturated rings. The standard InChI is InChI=1S/C52H30N4S/c1-3-14-34-31(12-1)24-28-44-48(34)39-18-6-9-22-43(39)55(44)33-26-27-40-46(30-33)56(45-29-25-32-13-2-4-15-35(32)49(40)45)52-53-42-21-8-5-17-38(42)50(54-52)41-20-11-19-37-36-16-7-10-23-47(36)57-51(37)41/h1-30H. The van der Waals surface area contributed by atoms with Gasteiger partial charge in [0.25, 0.3) is 0 Å². The lowest BCUT2D eigenvalue weighted by Crippen LogP contribution is -2.04. The van der Waals surface area contributed by atoms with Gasteiger partial charge >= 0.3 is 0 Å². The topological polar surface area (TPSA) is 35.6 Å². The molecule has 13 rings (SSSR count). The van der Waals surface area contributed by atoms with Gasteiger partial charge in [-0.05, 0) is 64.0 Å². The average Bonchev–Trinajstić information content (AvgIpc) is 3.94. The number of benzene rings is 9. The fraction of sp³-hybridized carbons (Fsp3) is 0. The number of hydrogen-bond acceptors (Lipinski definition) is 3. The zero-order chi connectivity index (χ0) is 37.2. The summed E-state index contributed by atoms with van der Waals surface area (Å²) >= 11 is 1.83. The molecule has 4 heterocycles. The molecule has 0 radical (unpaired) electrons.